The van der Waals surface area contributed by atoms with Crippen molar-refractivity contribution in [3.8, 4) is 17.3 Å². The molecule has 4 fully saturated rings. The van der Waals surface area contributed by atoms with Crippen LogP contribution in [0.5, 0.6) is 0 Å². The Morgan fingerprint density at radius 2 is 1.69 bits per heavy atom. The van der Waals surface area contributed by atoms with Gasteiger partial charge < -0.3 is 20.1 Å². The van der Waals surface area contributed by atoms with E-state index in [1.807, 2.05) is 53.6 Å². The number of anilines is 3. The Morgan fingerprint density at radius 3 is 2.39 bits per heavy atom. The van der Waals surface area contributed by atoms with E-state index < -0.39 is 15.6 Å². The third kappa shape index (κ3) is 8.27. The molecule has 7 heterocycles. The van der Waals surface area contributed by atoms with Crippen LogP contribution in [0.15, 0.2) is 73.2 Å². The number of sulfonamides is 1. The molecule has 2 aromatic carbocycles. The number of nitrogens with one attached hydrogen (secondary N) is 3. The molecule has 18 heteroatoms. The number of amides is 3. The summed E-state index contributed by atoms with van der Waals surface area (Å²) in [5.41, 5.74) is 4.63. The van der Waals surface area contributed by atoms with Crippen LogP contribution in [-0.2, 0) is 25.2 Å². The van der Waals surface area contributed by atoms with E-state index in [1.54, 1.807) is 24.0 Å². The molecule has 0 saturated carbocycles. The van der Waals surface area contributed by atoms with Crippen LogP contribution in [0, 0.1) is 17.2 Å². The summed E-state index contributed by atoms with van der Waals surface area (Å²) in [6.07, 6.45) is 8.25. The number of hydrogen-bond acceptors (Lipinski definition) is 12. The van der Waals surface area contributed by atoms with Crippen molar-refractivity contribution < 1.29 is 22.8 Å². The predicted molar refractivity (Wildman–Crippen MR) is 233 cm³/mol. The quantitative estimate of drug-likeness (QED) is 0.152. The molecule has 0 aliphatic carbocycles. The van der Waals surface area contributed by atoms with Gasteiger partial charge in [-0.15, -0.1) is 0 Å². The van der Waals surface area contributed by atoms with Crippen molar-refractivity contribution in [1.29, 1.82) is 5.26 Å². The third-order valence-electron chi connectivity index (χ3n) is 12.9. The van der Waals surface area contributed by atoms with E-state index in [2.05, 4.69) is 53.7 Å². The molecule has 17 nitrogen and oxygen atoms in total. The molecule has 4 aliphatic rings. The highest BCUT2D eigenvalue weighted by atomic mass is 32.2. The van der Waals surface area contributed by atoms with Crippen molar-refractivity contribution in [2.75, 3.05) is 74.9 Å². The molecule has 0 spiro atoms. The van der Waals surface area contributed by atoms with Crippen molar-refractivity contribution in [2.24, 2.45) is 5.92 Å². The van der Waals surface area contributed by atoms with Gasteiger partial charge in [-0.1, -0.05) is 12.1 Å². The van der Waals surface area contributed by atoms with Gasteiger partial charge in [0.25, 0.3) is 5.91 Å². The van der Waals surface area contributed by atoms with Gasteiger partial charge >= 0.3 is 0 Å². The summed E-state index contributed by atoms with van der Waals surface area (Å²) in [7, 11) is -3.38. The Labute approximate surface area is 360 Å². The number of piperazine rings is 1. The normalized spacial score (nSPS) is 20.2. The molecule has 322 valence electrons. The Bertz CT molecular complexity index is 2620. The molecule has 9 rings (SSSR count). The van der Waals surface area contributed by atoms with Gasteiger partial charge in [0.05, 0.1) is 36.1 Å². The first-order chi connectivity index (χ1) is 30.0. The van der Waals surface area contributed by atoms with E-state index in [1.165, 1.54) is 4.31 Å². The highest BCUT2D eigenvalue weighted by molar-refractivity contribution is 7.89. The first-order valence-corrected chi connectivity index (χ1v) is 22.9. The molecule has 1 unspecified atom stereocenters. The summed E-state index contributed by atoms with van der Waals surface area (Å²) in [6.45, 7) is 8.25. The van der Waals surface area contributed by atoms with Gasteiger partial charge in [-0.25, -0.2) is 13.4 Å². The monoisotopic (exact) mass is 858 g/mol. The molecular formula is C44H50N12O5S. The van der Waals surface area contributed by atoms with Gasteiger partial charge in [0.1, 0.15) is 11.2 Å². The van der Waals surface area contributed by atoms with Crippen molar-refractivity contribution in [1.82, 2.24) is 44.2 Å². The molecule has 3 N–H and O–H groups in total. The van der Waals surface area contributed by atoms with Crippen LogP contribution in [0.4, 0.5) is 17.3 Å². The maximum absolute atomic E-state index is 13.6. The number of rotatable bonds is 12. The van der Waals surface area contributed by atoms with Gasteiger partial charge in [-0.05, 0) is 80.1 Å². The molecule has 4 aliphatic heterocycles. The van der Waals surface area contributed by atoms with Crippen molar-refractivity contribution >= 4 is 56.1 Å². The minimum Gasteiger partial charge on any atom is -0.369 e. The van der Waals surface area contributed by atoms with E-state index in [0.29, 0.717) is 47.2 Å². The molecule has 5 aromatic rings. The largest absolute Gasteiger partial charge is 0.369 e. The number of carbonyl (C=O) groups is 3. The Kier molecular flexibility index (Phi) is 11.3. The number of hydrogen-bond donors (Lipinski definition) is 3. The average Bonchev–Trinajstić information content (AvgIpc) is 3.96. The fourth-order valence-electron chi connectivity index (χ4n) is 9.21. The number of nitrogens with zero attached hydrogens (tertiary/aromatic N) is 9. The van der Waals surface area contributed by atoms with E-state index in [-0.39, 0.29) is 48.9 Å². The lowest BCUT2D eigenvalue weighted by Crippen LogP contribution is -2.64. The number of H-pyrrole nitrogens is 1. The topological polar surface area (TPSA) is 206 Å². The van der Waals surface area contributed by atoms with Crippen LogP contribution in [0.1, 0.15) is 60.9 Å². The van der Waals surface area contributed by atoms with Crippen LogP contribution >= 0.6 is 0 Å². The predicted octanol–water partition coefficient (Wildman–Crippen LogP) is 4.03. The average molecular weight is 859 g/mol. The number of aromatic nitrogens is 5. The molecule has 3 aromatic heterocycles. The molecule has 62 heavy (non-hydrogen) atoms. The number of imide groups is 1. The molecule has 4 saturated heterocycles. The zero-order chi connectivity index (χ0) is 43.0. The number of likely N-dealkylation sites (tertiary alicyclic amines) is 1. The summed E-state index contributed by atoms with van der Waals surface area (Å²) < 4.78 is 28.0. The Hall–Kier alpha value is -6.16. The smallest absolute Gasteiger partial charge is 0.253 e. The summed E-state index contributed by atoms with van der Waals surface area (Å²) >= 11 is 0. The van der Waals surface area contributed by atoms with Crippen LogP contribution in [0.25, 0.3) is 22.3 Å². The van der Waals surface area contributed by atoms with E-state index in [4.69, 9.17) is 4.98 Å². The standard InChI is InChI=1S/C44H50N12O5S/c1-2-62(60,61)55-28-44(29-55,16-17-45)56-27-33(25-47-56)39-37-13-18-46-40(37)51-43(50-39)48-34-7-3-32(4-8-34)42(59)54-19-14-30(15-20-54)26-52-21-23-53(24-22-52)35-9-5-31(6-10-35)36-11-12-38(57)49-41(36)58/h3-10,13,18,25,27,30,36H,2,11-12,14-16,19-24,26,28-29H2,1H3,(H,49,57,58)(H2,46,48,50,51). The summed E-state index contributed by atoms with van der Waals surface area (Å²) in [5.74, 6) is 0.227. The highest BCUT2D eigenvalue weighted by Gasteiger charge is 2.49. The van der Waals surface area contributed by atoms with E-state index in [0.717, 1.165) is 81.0 Å². The number of fused-ring (bicyclic) bond motifs is 1. The van der Waals surface area contributed by atoms with Gasteiger partial charge in [0, 0.05) is 106 Å². The number of aromatic amines is 1. The van der Waals surface area contributed by atoms with Gasteiger partial charge in [-0.3, -0.25) is 29.3 Å². The van der Waals surface area contributed by atoms with Gasteiger partial charge in [0.2, 0.25) is 27.8 Å². The molecule has 0 bridgehead atoms. The molecule has 0 radical (unpaired) electrons. The SMILES string of the molecule is CCS(=O)(=O)N1CC(CC#N)(n2cc(-c3nc(Nc4ccc(C(=O)N5CCC(CN6CCN(c7ccc(C8CCC(=O)NC8=O)cc7)CC6)CC5)cc4)nc4[nH]ccc34)cn2)C1. The van der Waals surface area contributed by atoms with Gasteiger partial charge in [-0.2, -0.15) is 19.6 Å². The first kappa shape index (κ1) is 41.2. The van der Waals surface area contributed by atoms with Crippen molar-refractivity contribution in [2.45, 2.75) is 50.5 Å². The fraction of sp³-hybridized carbons (Fsp3) is 0.432. The maximum Gasteiger partial charge on any atom is 0.253 e. The second-order valence-corrected chi connectivity index (χ2v) is 19.1. The first-order valence-electron chi connectivity index (χ1n) is 21.3. The number of piperidine rings is 2. The van der Waals surface area contributed by atoms with Crippen LogP contribution in [0.3, 0.4) is 0 Å². The Morgan fingerprint density at radius 1 is 0.952 bits per heavy atom. The summed E-state index contributed by atoms with van der Waals surface area (Å²) in [6, 6.07) is 19.7. The fourth-order valence-corrected chi connectivity index (χ4v) is 10.4. The maximum atomic E-state index is 13.6. The lowest BCUT2D eigenvalue weighted by molar-refractivity contribution is -0.134. The molecule has 1 atom stereocenters. The zero-order valence-electron chi connectivity index (χ0n) is 34.7. The van der Waals surface area contributed by atoms with Crippen molar-refractivity contribution in [3.05, 3.63) is 84.3 Å². The number of carbonyl (C=O) groups excluding carboxylic acids is 3. The number of benzene rings is 2. The van der Waals surface area contributed by atoms with Crippen molar-refractivity contribution in [3.63, 3.8) is 0 Å². The second kappa shape index (κ2) is 17.0. The minimum atomic E-state index is -3.38. The Balaban J connectivity index is 0.765. The van der Waals surface area contributed by atoms with Gasteiger partial charge in [0.15, 0.2) is 0 Å². The van der Waals surface area contributed by atoms with Crippen LogP contribution in [0.2, 0.25) is 0 Å². The highest BCUT2D eigenvalue weighted by Crippen LogP contribution is 2.36. The van der Waals surface area contributed by atoms with Crippen LogP contribution in [-0.4, -0.2) is 130 Å². The molecule has 3 amide bonds. The summed E-state index contributed by atoms with van der Waals surface area (Å²) in [4.78, 5) is 57.0. The number of nitriles is 1. The summed E-state index contributed by atoms with van der Waals surface area (Å²) in [5, 5.41) is 20.7. The van der Waals surface area contributed by atoms with Crippen LogP contribution < -0.4 is 15.5 Å². The third-order valence-corrected chi connectivity index (χ3v) is 14.7. The second-order valence-electron chi connectivity index (χ2n) is 16.9. The zero-order valence-corrected chi connectivity index (χ0v) is 35.5. The van der Waals surface area contributed by atoms with E-state index in [9.17, 15) is 28.1 Å². The molecular weight excluding hydrogens is 809 g/mol. The lowest BCUT2D eigenvalue weighted by atomic mass is 9.89. The lowest BCUT2D eigenvalue weighted by Gasteiger charge is -2.47. The van der Waals surface area contributed by atoms with E-state index >= 15 is 0 Å². The minimum absolute atomic E-state index is 0.00123.